The average Bonchev–Trinajstić information content (AvgIpc) is 2.65. The van der Waals surface area contributed by atoms with E-state index in [1.54, 1.807) is 0 Å². The molecule has 0 saturated heterocycles. The van der Waals surface area contributed by atoms with E-state index in [4.69, 9.17) is 5.11 Å². The number of aryl methyl sites for hydroxylation is 1. The summed E-state index contributed by atoms with van der Waals surface area (Å²) in [5, 5.41) is 8.90. The van der Waals surface area contributed by atoms with Crippen LogP contribution in [0.2, 0.25) is 0 Å². The van der Waals surface area contributed by atoms with Crippen molar-refractivity contribution in [2.24, 2.45) is 13.0 Å². The fraction of sp³-hybridized carbons (Fsp3) is 0.583. The first-order chi connectivity index (χ1) is 8.90. The number of nitrogens with zero attached hydrogens (tertiary/aromatic N) is 1. The van der Waals surface area contributed by atoms with Crippen LogP contribution in [-0.2, 0) is 17.1 Å². The first-order valence-corrected chi connectivity index (χ1v) is 7.78. The van der Waals surface area contributed by atoms with E-state index in [9.17, 15) is 13.2 Å². The van der Waals surface area contributed by atoms with Gasteiger partial charge in [0.1, 0.15) is 10.6 Å². The minimum absolute atomic E-state index is 0.000935. The van der Waals surface area contributed by atoms with Gasteiger partial charge in [-0.25, -0.2) is 17.9 Å². The maximum Gasteiger partial charge on any atom is 0.352 e. The van der Waals surface area contributed by atoms with Crippen LogP contribution in [0.3, 0.4) is 0 Å². The monoisotopic (exact) mass is 286 g/mol. The van der Waals surface area contributed by atoms with E-state index in [2.05, 4.69) is 4.72 Å². The third-order valence-electron chi connectivity index (χ3n) is 3.58. The second-order valence-electron chi connectivity index (χ2n) is 4.96. The Hall–Kier alpha value is -1.34. The summed E-state index contributed by atoms with van der Waals surface area (Å²) in [6.45, 7) is 0.407. The molecule has 1 fully saturated rings. The van der Waals surface area contributed by atoms with Gasteiger partial charge in [-0.3, -0.25) is 0 Å². The van der Waals surface area contributed by atoms with Crippen LogP contribution >= 0.6 is 0 Å². The molecular formula is C12H18N2O4S. The molecule has 7 heteroatoms. The van der Waals surface area contributed by atoms with Crippen LogP contribution < -0.4 is 4.72 Å². The van der Waals surface area contributed by atoms with E-state index < -0.39 is 16.0 Å². The standard InChI is InChI=1S/C12H18N2O4S/c1-14-8-10(7-11(14)12(15)16)19(17,18)13-6-5-9-3-2-4-9/h7-9,13H,2-6H2,1H3,(H,15,16). The molecule has 0 atom stereocenters. The molecule has 0 spiro atoms. The molecule has 1 saturated carbocycles. The second kappa shape index (κ2) is 5.34. The number of sulfonamides is 1. The zero-order chi connectivity index (χ0) is 14.0. The van der Waals surface area contributed by atoms with Crippen LogP contribution in [0.5, 0.6) is 0 Å². The lowest BCUT2D eigenvalue weighted by molar-refractivity contribution is 0.0686. The summed E-state index contributed by atoms with van der Waals surface area (Å²) in [5.74, 6) is -0.508. The summed E-state index contributed by atoms with van der Waals surface area (Å²) in [5.41, 5.74) is -0.0423. The predicted molar refractivity (Wildman–Crippen MR) is 69.5 cm³/mol. The lowest BCUT2D eigenvalue weighted by Crippen LogP contribution is -2.27. The Bertz CT molecular complexity index is 573. The Labute approximate surface area is 112 Å². The van der Waals surface area contributed by atoms with E-state index in [1.165, 1.54) is 43.1 Å². The van der Waals surface area contributed by atoms with Crippen LogP contribution in [-0.4, -0.2) is 30.6 Å². The van der Waals surface area contributed by atoms with Gasteiger partial charge in [0.2, 0.25) is 10.0 Å². The van der Waals surface area contributed by atoms with Crippen molar-refractivity contribution >= 4 is 16.0 Å². The van der Waals surface area contributed by atoms with Gasteiger partial charge in [-0.05, 0) is 18.4 Å². The third-order valence-corrected chi connectivity index (χ3v) is 5.01. The molecule has 0 amide bonds. The largest absolute Gasteiger partial charge is 0.477 e. The highest BCUT2D eigenvalue weighted by molar-refractivity contribution is 7.89. The van der Waals surface area contributed by atoms with Crippen molar-refractivity contribution in [3.05, 3.63) is 18.0 Å². The van der Waals surface area contributed by atoms with E-state index in [-0.39, 0.29) is 10.6 Å². The van der Waals surface area contributed by atoms with Gasteiger partial charge in [0, 0.05) is 19.8 Å². The number of aromatic carboxylic acids is 1. The number of rotatable bonds is 6. The topological polar surface area (TPSA) is 88.4 Å². The zero-order valence-electron chi connectivity index (χ0n) is 10.8. The van der Waals surface area contributed by atoms with Crippen molar-refractivity contribution < 1.29 is 18.3 Å². The summed E-state index contributed by atoms with van der Waals surface area (Å²) in [4.78, 5) is 10.9. The molecule has 19 heavy (non-hydrogen) atoms. The highest BCUT2D eigenvalue weighted by Gasteiger charge is 2.21. The van der Waals surface area contributed by atoms with Gasteiger partial charge in [-0.2, -0.15) is 0 Å². The molecule has 1 aliphatic carbocycles. The third kappa shape index (κ3) is 3.16. The second-order valence-corrected chi connectivity index (χ2v) is 6.73. The minimum Gasteiger partial charge on any atom is -0.477 e. The van der Waals surface area contributed by atoms with Gasteiger partial charge in [0.05, 0.1) is 0 Å². The highest BCUT2D eigenvalue weighted by Crippen LogP contribution is 2.28. The molecule has 0 bridgehead atoms. The molecule has 106 valence electrons. The smallest absolute Gasteiger partial charge is 0.352 e. The Morgan fingerprint density at radius 3 is 2.68 bits per heavy atom. The molecule has 1 aromatic rings. The van der Waals surface area contributed by atoms with Crippen molar-refractivity contribution in [3.8, 4) is 0 Å². The Morgan fingerprint density at radius 2 is 2.21 bits per heavy atom. The van der Waals surface area contributed by atoms with Crippen LogP contribution in [0, 0.1) is 5.92 Å². The summed E-state index contributed by atoms with van der Waals surface area (Å²) >= 11 is 0. The lowest BCUT2D eigenvalue weighted by Gasteiger charge is -2.24. The van der Waals surface area contributed by atoms with E-state index in [0.717, 1.165) is 6.42 Å². The predicted octanol–water partition coefficient (Wildman–Crippen LogP) is 1.19. The maximum absolute atomic E-state index is 12.0. The molecule has 2 rings (SSSR count). The van der Waals surface area contributed by atoms with E-state index >= 15 is 0 Å². The molecule has 0 aliphatic heterocycles. The Balaban J connectivity index is 2.01. The fourth-order valence-corrected chi connectivity index (χ4v) is 3.27. The number of aromatic nitrogens is 1. The molecule has 2 N–H and O–H groups in total. The van der Waals surface area contributed by atoms with Crippen LogP contribution in [0.25, 0.3) is 0 Å². The van der Waals surface area contributed by atoms with Crippen molar-refractivity contribution in [1.29, 1.82) is 0 Å². The zero-order valence-corrected chi connectivity index (χ0v) is 11.6. The van der Waals surface area contributed by atoms with Crippen LogP contribution in [0.15, 0.2) is 17.2 Å². The van der Waals surface area contributed by atoms with Crippen molar-refractivity contribution in [3.63, 3.8) is 0 Å². The molecule has 1 aromatic heterocycles. The molecule has 0 radical (unpaired) electrons. The quantitative estimate of drug-likeness (QED) is 0.822. The summed E-state index contributed by atoms with van der Waals surface area (Å²) in [6, 6.07) is 1.17. The Kier molecular flexibility index (Phi) is 3.96. The van der Waals surface area contributed by atoms with Gasteiger partial charge >= 0.3 is 5.97 Å². The van der Waals surface area contributed by atoms with Gasteiger partial charge in [0.25, 0.3) is 0 Å². The SMILES string of the molecule is Cn1cc(S(=O)(=O)NCCC2CCC2)cc1C(=O)O. The first kappa shape index (κ1) is 14.1. The van der Waals surface area contributed by atoms with Crippen molar-refractivity contribution in [2.75, 3.05) is 6.54 Å². The molecule has 6 nitrogen and oxygen atoms in total. The number of carboxylic acid groups (broad SMARTS) is 1. The summed E-state index contributed by atoms with van der Waals surface area (Å²) in [6.07, 6.45) is 5.75. The summed E-state index contributed by atoms with van der Waals surface area (Å²) in [7, 11) is -2.10. The van der Waals surface area contributed by atoms with Gasteiger partial charge < -0.3 is 9.67 Å². The van der Waals surface area contributed by atoms with Crippen LogP contribution in [0.1, 0.15) is 36.2 Å². The number of hydrogen-bond acceptors (Lipinski definition) is 3. The highest BCUT2D eigenvalue weighted by atomic mass is 32.2. The normalized spacial score (nSPS) is 16.3. The molecule has 0 unspecified atom stereocenters. The number of carbonyl (C=O) groups is 1. The average molecular weight is 286 g/mol. The van der Waals surface area contributed by atoms with Crippen molar-refractivity contribution in [2.45, 2.75) is 30.6 Å². The fourth-order valence-electron chi connectivity index (χ4n) is 2.16. The number of carboxylic acids is 1. The van der Waals surface area contributed by atoms with E-state index in [1.807, 2.05) is 0 Å². The number of nitrogens with one attached hydrogen (secondary N) is 1. The maximum atomic E-state index is 12.0. The molecule has 1 heterocycles. The van der Waals surface area contributed by atoms with Gasteiger partial charge in [-0.15, -0.1) is 0 Å². The van der Waals surface area contributed by atoms with Gasteiger partial charge in [-0.1, -0.05) is 19.3 Å². The molecular weight excluding hydrogens is 268 g/mol. The van der Waals surface area contributed by atoms with Gasteiger partial charge in [0.15, 0.2) is 0 Å². The van der Waals surface area contributed by atoms with E-state index in [0.29, 0.717) is 12.5 Å². The van der Waals surface area contributed by atoms with Crippen molar-refractivity contribution in [1.82, 2.24) is 9.29 Å². The lowest BCUT2D eigenvalue weighted by atomic mass is 9.83. The first-order valence-electron chi connectivity index (χ1n) is 6.29. The minimum atomic E-state index is -3.61. The molecule has 0 aromatic carbocycles. The number of hydrogen-bond donors (Lipinski definition) is 2. The summed E-state index contributed by atoms with van der Waals surface area (Å²) < 4.78 is 27.8. The Morgan fingerprint density at radius 1 is 1.53 bits per heavy atom. The van der Waals surface area contributed by atoms with Crippen LogP contribution in [0.4, 0.5) is 0 Å². The molecule has 1 aliphatic rings.